The van der Waals surface area contributed by atoms with Gasteiger partial charge in [-0.2, -0.15) is 0 Å². The van der Waals surface area contributed by atoms with E-state index in [-0.39, 0.29) is 0 Å². The Kier molecular flexibility index (Phi) is 3.44. The van der Waals surface area contributed by atoms with Crippen LogP contribution in [0, 0.1) is 20.8 Å². The zero-order valence-electron chi connectivity index (χ0n) is 15.7. The number of nitrogens with zero attached hydrogens (tertiary/aromatic N) is 2. The first kappa shape index (κ1) is 15.9. The molecule has 3 nitrogen and oxygen atoms in total. The first-order valence-corrected chi connectivity index (χ1v) is 9.16. The summed E-state index contributed by atoms with van der Waals surface area (Å²) < 4.78 is 6.19. The average Bonchev–Trinajstić information content (AvgIpc) is 2.66. The number of hydrogen-bond acceptors (Lipinski definition) is 3. The molecule has 0 atom stereocenters. The molecule has 1 aliphatic rings. The van der Waals surface area contributed by atoms with Gasteiger partial charge in [-0.1, -0.05) is 48.0 Å². The molecule has 0 saturated heterocycles. The molecule has 1 aromatic heterocycles. The molecule has 1 aliphatic heterocycles. The summed E-state index contributed by atoms with van der Waals surface area (Å²) in [5, 5.41) is 2.36. The summed E-state index contributed by atoms with van der Waals surface area (Å²) in [6, 6.07) is 21.1. The third-order valence-electron chi connectivity index (χ3n) is 5.14. The Morgan fingerprint density at radius 3 is 2.41 bits per heavy atom. The second-order valence-electron chi connectivity index (χ2n) is 7.15. The van der Waals surface area contributed by atoms with Crippen LogP contribution in [-0.4, -0.2) is 4.98 Å². The first-order valence-electron chi connectivity index (χ1n) is 9.16. The Morgan fingerprint density at radius 1 is 0.815 bits per heavy atom. The summed E-state index contributed by atoms with van der Waals surface area (Å²) >= 11 is 0. The minimum atomic E-state index is 0.639. The van der Waals surface area contributed by atoms with Crippen molar-refractivity contribution in [2.24, 2.45) is 0 Å². The van der Waals surface area contributed by atoms with Gasteiger partial charge in [0.2, 0.25) is 5.88 Å². The molecule has 0 N–H and O–H groups in total. The maximum Gasteiger partial charge on any atom is 0.243 e. The van der Waals surface area contributed by atoms with Gasteiger partial charge in [-0.05, 0) is 55.5 Å². The van der Waals surface area contributed by atoms with Gasteiger partial charge in [0.15, 0.2) is 5.75 Å². The Bertz CT molecular complexity index is 1170. The summed E-state index contributed by atoms with van der Waals surface area (Å²) in [6.07, 6.45) is 1.78. The molecule has 3 aromatic carbocycles. The maximum absolute atomic E-state index is 6.19. The highest BCUT2D eigenvalue weighted by molar-refractivity contribution is 6.04. The summed E-state index contributed by atoms with van der Waals surface area (Å²) in [4.78, 5) is 6.80. The van der Waals surface area contributed by atoms with E-state index in [1.165, 1.54) is 33.2 Å². The zero-order valence-corrected chi connectivity index (χ0v) is 15.7. The second-order valence-corrected chi connectivity index (χ2v) is 7.15. The van der Waals surface area contributed by atoms with E-state index >= 15 is 0 Å². The summed E-state index contributed by atoms with van der Waals surface area (Å²) in [5.41, 5.74) is 6.98. The molecule has 0 spiro atoms. The molecule has 0 amide bonds. The Balaban J connectivity index is 1.90. The maximum atomic E-state index is 6.19. The van der Waals surface area contributed by atoms with Crippen LogP contribution in [0.25, 0.3) is 10.8 Å². The lowest BCUT2D eigenvalue weighted by molar-refractivity contribution is 0.458. The SMILES string of the molecule is Cc1cc(C)c(N2c3cccnc3Oc3ccc4ccccc4c32)c(C)c1. The van der Waals surface area contributed by atoms with Crippen molar-refractivity contribution in [1.82, 2.24) is 4.98 Å². The van der Waals surface area contributed by atoms with Gasteiger partial charge in [-0.25, -0.2) is 4.98 Å². The largest absolute Gasteiger partial charge is 0.435 e. The fourth-order valence-electron chi connectivity index (χ4n) is 4.16. The molecule has 0 saturated carbocycles. The van der Waals surface area contributed by atoms with Gasteiger partial charge in [0.25, 0.3) is 0 Å². The van der Waals surface area contributed by atoms with Gasteiger partial charge in [0, 0.05) is 11.6 Å². The molecule has 0 bridgehead atoms. The van der Waals surface area contributed by atoms with Crippen LogP contribution in [0.3, 0.4) is 0 Å². The molecule has 0 radical (unpaired) electrons. The van der Waals surface area contributed by atoms with Crippen LogP contribution < -0.4 is 9.64 Å². The quantitative estimate of drug-likeness (QED) is 0.334. The molecule has 0 unspecified atom stereocenters. The van der Waals surface area contributed by atoms with E-state index in [9.17, 15) is 0 Å². The van der Waals surface area contributed by atoms with Crippen LogP contribution in [0.5, 0.6) is 11.6 Å². The minimum absolute atomic E-state index is 0.639. The van der Waals surface area contributed by atoms with Crippen molar-refractivity contribution in [3.05, 3.63) is 83.6 Å². The molecular weight excluding hydrogens is 332 g/mol. The van der Waals surface area contributed by atoms with Gasteiger partial charge in [-0.3, -0.25) is 0 Å². The monoisotopic (exact) mass is 352 g/mol. The van der Waals surface area contributed by atoms with Gasteiger partial charge in [-0.15, -0.1) is 0 Å². The number of pyridine rings is 1. The Labute approximate surface area is 158 Å². The second kappa shape index (κ2) is 5.85. The van der Waals surface area contributed by atoms with E-state index in [0.29, 0.717) is 5.88 Å². The standard InChI is InChI=1S/C24H20N2O/c1-15-13-16(2)22(17(3)14-15)26-20-9-6-12-25-24(20)27-21-11-10-18-7-4-5-8-19(18)23(21)26/h4-14H,1-3H3. The summed E-state index contributed by atoms with van der Waals surface area (Å²) in [7, 11) is 0. The normalized spacial score (nSPS) is 12.5. The van der Waals surface area contributed by atoms with Gasteiger partial charge >= 0.3 is 0 Å². The average molecular weight is 352 g/mol. The Morgan fingerprint density at radius 2 is 1.59 bits per heavy atom. The summed E-state index contributed by atoms with van der Waals surface area (Å²) in [5.74, 6) is 1.47. The number of anilines is 3. The number of aromatic nitrogens is 1. The van der Waals surface area contributed by atoms with Crippen molar-refractivity contribution >= 4 is 27.8 Å². The molecule has 2 heterocycles. The number of fused-ring (bicyclic) bond motifs is 4. The third kappa shape index (κ3) is 2.39. The number of benzene rings is 3. The predicted octanol–water partition coefficient (Wildman–Crippen LogP) is 6.74. The van der Waals surface area contributed by atoms with Crippen LogP contribution in [0.2, 0.25) is 0 Å². The zero-order chi connectivity index (χ0) is 18.5. The predicted molar refractivity (Wildman–Crippen MR) is 111 cm³/mol. The van der Waals surface area contributed by atoms with E-state index in [2.05, 4.69) is 79.2 Å². The topological polar surface area (TPSA) is 25.4 Å². The lowest BCUT2D eigenvalue weighted by Crippen LogP contribution is -2.19. The molecule has 5 rings (SSSR count). The van der Waals surface area contributed by atoms with Crippen molar-refractivity contribution in [3.8, 4) is 11.6 Å². The highest BCUT2D eigenvalue weighted by Gasteiger charge is 2.30. The minimum Gasteiger partial charge on any atom is -0.435 e. The molecule has 27 heavy (non-hydrogen) atoms. The smallest absolute Gasteiger partial charge is 0.243 e. The highest BCUT2D eigenvalue weighted by atomic mass is 16.5. The fourth-order valence-corrected chi connectivity index (χ4v) is 4.16. The van der Waals surface area contributed by atoms with Crippen molar-refractivity contribution in [1.29, 1.82) is 0 Å². The van der Waals surface area contributed by atoms with Gasteiger partial charge < -0.3 is 9.64 Å². The number of rotatable bonds is 1. The number of aryl methyl sites for hydroxylation is 3. The van der Waals surface area contributed by atoms with Crippen LogP contribution in [0.1, 0.15) is 16.7 Å². The van der Waals surface area contributed by atoms with E-state index in [1.54, 1.807) is 6.20 Å². The van der Waals surface area contributed by atoms with Crippen molar-refractivity contribution in [2.75, 3.05) is 4.90 Å². The lowest BCUT2D eigenvalue weighted by Gasteiger charge is -2.35. The van der Waals surface area contributed by atoms with Crippen molar-refractivity contribution in [3.63, 3.8) is 0 Å². The number of ether oxygens (including phenoxy) is 1. The van der Waals surface area contributed by atoms with Crippen LogP contribution in [0.4, 0.5) is 17.1 Å². The molecule has 0 fully saturated rings. The van der Waals surface area contributed by atoms with E-state index in [0.717, 1.165) is 17.1 Å². The van der Waals surface area contributed by atoms with Crippen molar-refractivity contribution in [2.45, 2.75) is 20.8 Å². The molecule has 4 aromatic rings. The van der Waals surface area contributed by atoms with E-state index in [1.807, 2.05) is 12.1 Å². The molecule has 0 aliphatic carbocycles. The third-order valence-corrected chi connectivity index (χ3v) is 5.14. The van der Waals surface area contributed by atoms with Crippen LogP contribution >= 0.6 is 0 Å². The molecule has 132 valence electrons. The van der Waals surface area contributed by atoms with Crippen molar-refractivity contribution < 1.29 is 4.74 Å². The molecule has 3 heteroatoms. The lowest BCUT2D eigenvalue weighted by atomic mass is 10.00. The molecular formula is C24H20N2O. The first-order chi connectivity index (χ1) is 13.1. The fraction of sp³-hybridized carbons (Fsp3) is 0.125. The van der Waals surface area contributed by atoms with Crippen LogP contribution in [0.15, 0.2) is 66.9 Å². The van der Waals surface area contributed by atoms with Gasteiger partial charge in [0.1, 0.15) is 5.69 Å². The highest BCUT2D eigenvalue weighted by Crippen LogP contribution is 2.53. The van der Waals surface area contributed by atoms with E-state index < -0.39 is 0 Å². The van der Waals surface area contributed by atoms with E-state index in [4.69, 9.17) is 4.74 Å². The van der Waals surface area contributed by atoms with Crippen LogP contribution in [-0.2, 0) is 0 Å². The summed E-state index contributed by atoms with van der Waals surface area (Å²) in [6.45, 7) is 6.49. The number of hydrogen-bond donors (Lipinski definition) is 0. The Hall–Kier alpha value is -3.33. The van der Waals surface area contributed by atoms with Gasteiger partial charge in [0.05, 0.1) is 11.4 Å².